The Morgan fingerprint density at radius 1 is 1.39 bits per heavy atom. The number of likely N-dealkylation sites (N-methyl/N-ethyl adjacent to an activating group) is 1. The van der Waals surface area contributed by atoms with Crippen molar-refractivity contribution in [2.45, 2.75) is 19.3 Å². The van der Waals surface area contributed by atoms with Crippen molar-refractivity contribution in [2.75, 3.05) is 53.4 Å². The van der Waals surface area contributed by atoms with Crippen molar-refractivity contribution in [1.82, 2.24) is 15.1 Å². The zero-order chi connectivity index (χ0) is 19.5. The van der Waals surface area contributed by atoms with Gasteiger partial charge < -0.3 is 25.6 Å². The normalized spacial score (nSPS) is 17.5. The van der Waals surface area contributed by atoms with Crippen molar-refractivity contribution in [1.29, 1.82) is 0 Å². The molecule has 1 unspecified atom stereocenters. The minimum absolute atomic E-state index is 0. The predicted molar refractivity (Wildman–Crippen MR) is 124 cm³/mol. The van der Waals surface area contributed by atoms with Gasteiger partial charge in [0.05, 0.1) is 12.5 Å². The van der Waals surface area contributed by atoms with E-state index in [1.54, 1.807) is 7.05 Å². The van der Waals surface area contributed by atoms with Crippen molar-refractivity contribution in [3.63, 3.8) is 0 Å². The zero-order valence-electron chi connectivity index (χ0n) is 17.0. The fourth-order valence-corrected chi connectivity index (χ4v) is 3.30. The van der Waals surface area contributed by atoms with Crippen LogP contribution >= 0.6 is 24.0 Å². The molecule has 1 aliphatic heterocycles. The fraction of sp³-hybridized carbons (Fsp3) is 0.600. The minimum Gasteiger partial charge on any atom is -0.492 e. The van der Waals surface area contributed by atoms with Crippen LogP contribution in [0.5, 0.6) is 5.75 Å². The molecule has 8 heteroatoms. The highest BCUT2D eigenvalue weighted by Crippen LogP contribution is 2.15. The third-order valence-corrected chi connectivity index (χ3v) is 4.85. The van der Waals surface area contributed by atoms with Crippen LogP contribution in [-0.4, -0.2) is 75.1 Å². The van der Waals surface area contributed by atoms with E-state index in [9.17, 15) is 4.79 Å². The van der Waals surface area contributed by atoms with Crippen molar-refractivity contribution in [2.24, 2.45) is 16.6 Å². The first-order chi connectivity index (χ1) is 13.1. The lowest BCUT2D eigenvalue weighted by Crippen LogP contribution is -2.43. The number of likely N-dealkylation sites (tertiary alicyclic amines) is 1. The molecule has 1 aromatic carbocycles. The Morgan fingerprint density at radius 2 is 2.14 bits per heavy atom. The number of halogens is 1. The molecule has 1 atom stereocenters. The number of hydrogen-bond donors (Lipinski definition) is 2. The zero-order valence-corrected chi connectivity index (χ0v) is 19.3. The first-order valence-corrected chi connectivity index (χ1v) is 9.71. The lowest BCUT2D eigenvalue weighted by Gasteiger charge is -2.31. The highest BCUT2D eigenvalue weighted by Gasteiger charge is 2.23. The predicted octanol–water partition coefficient (Wildman–Crippen LogP) is 1.78. The molecule has 1 saturated heterocycles. The maximum atomic E-state index is 11.4. The number of nitrogens with zero attached hydrogens (tertiary/aromatic N) is 3. The molecule has 0 radical (unpaired) electrons. The van der Waals surface area contributed by atoms with Crippen LogP contribution in [0, 0.1) is 5.92 Å². The summed E-state index contributed by atoms with van der Waals surface area (Å²) in [5.41, 5.74) is 5.44. The molecule has 1 heterocycles. The fourth-order valence-electron chi connectivity index (χ4n) is 3.30. The van der Waals surface area contributed by atoms with Crippen molar-refractivity contribution in [3.8, 4) is 5.75 Å². The standard InChI is InChI=1S/C20H33N5O2.HI/c1-22-20(24(2)14-15-27-18-9-4-3-5-10-18)23-11-7-13-25-12-6-8-17(16-25)19(21)26;/h3-5,9-10,17H,6-8,11-16H2,1-2H3,(H2,21,26)(H,22,23);1H. The lowest BCUT2D eigenvalue weighted by atomic mass is 9.97. The molecule has 0 aromatic heterocycles. The van der Waals surface area contributed by atoms with Crippen LogP contribution in [0.1, 0.15) is 19.3 Å². The van der Waals surface area contributed by atoms with Gasteiger partial charge in [-0.2, -0.15) is 0 Å². The molecule has 0 aliphatic carbocycles. The number of carbonyl (C=O) groups is 1. The summed E-state index contributed by atoms with van der Waals surface area (Å²) in [7, 11) is 3.80. The number of nitrogens with two attached hydrogens (primary N) is 1. The average Bonchev–Trinajstić information content (AvgIpc) is 2.69. The molecule has 158 valence electrons. The SMILES string of the molecule is CN=C(NCCCN1CCCC(C(N)=O)C1)N(C)CCOc1ccccc1.I. The molecule has 2 rings (SSSR count). The number of aliphatic imine (C=N–C) groups is 1. The third kappa shape index (κ3) is 8.64. The minimum atomic E-state index is -0.169. The second-order valence-electron chi connectivity index (χ2n) is 6.95. The van der Waals surface area contributed by atoms with Crippen LogP contribution in [0.15, 0.2) is 35.3 Å². The molecule has 7 nitrogen and oxygen atoms in total. The van der Waals surface area contributed by atoms with Crippen LogP contribution < -0.4 is 15.8 Å². The van der Waals surface area contributed by atoms with Crippen molar-refractivity contribution >= 4 is 35.8 Å². The van der Waals surface area contributed by atoms with Gasteiger partial charge in [-0.1, -0.05) is 18.2 Å². The topological polar surface area (TPSA) is 83.2 Å². The van der Waals surface area contributed by atoms with E-state index in [4.69, 9.17) is 10.5 Å². The molecular weight excluding hydrogens is 469 g/mol. The first kappa shape index (κ1) is 24.5. The number of nitrogens with one attached hydrogen (secondary N) is 1. The molecule has 1 amide bonds. The quantitative estimate of drug-likeness (QED) is 0.232. The Bertz CT molecular complexity index is 600. The van der Waals surface area contributed by atoms with Crippen LogP contribution in [0.2, 0.25) is 0 Å². The molecule has 28 heavy (non-hydrogen) atoms. The lowest BCUT2D eigenvalue weighted by molar-refractivity contribution is -0.123. The average molecular weight is 503 g/mol. The summed E-state index contributed by atoms with van der Waals surface area (Å²) in [5.74, 6) is 1.58. The first-order valence-electron chi connectivity index (χ1n) is 9.71. The monoisotopic (exact) mass is 503 g/mol. The van der Waals surface area contributed by atoms with E-state index < -0.39 is 0 Å². The molecule has 1 aliphatic rings. The van der Waals surface area contributed by atoms with E-state index >= 15 is 0 Å². The largest absolute Gasteiger partial charge is 0.492 e. The summed E-state index contributed by atoms with van der Waals surface area (Å²) >= 11 is 0. The highest BCUT2D eigenvalue weighted by molar-refractivity contribution is 14.0. The van der Waals surface area contributed by atoms with Gasteiger partial charge in [-0.05, 0) is 44.5 Å². The van der Waals surface area contributed by atoms with E-state index in [0.717, 1.165) is 63.7 Å². The number of ether oxygens (including phenoxy) is 1. The number of guanidine groups is 1. The van der Waals surface area contributed by atoms with Gasteiger partial charge in [0, 0.05) is 27.2 Å². The summed E-state index contributed by atoms with van der Waals surface area (Å²) < 4.78 is 5.74. The number of amides is 1. The molecular formula is C20H34IN5O2. The second-order valence-corrected chi connectivity index (χ2v) is 6.95. The van der Waals surface area contributed by atoms with E-state index in [0.29, 0.717) is 6.61 Å². The highest BCUT2D eigenvalue weighted by atomic mass is 127. The Kier molecular flexibility index (Phi) is 11.9. The number of piperidine rings is 1. The second kappa shape index (κ2) is 13.6. The van der Waals surface area contributed by atoms with Crippen LogP contribution in [-0.2, 0) is 4.79 Å². The Labute approximate surface area is 185 Å². The summed E-state index contributed by atoms with van der Waals surface area (Å²) in [5, 5.41) is 3.39. The molecule has 0 spiro atoms. The molecule has 0 bridgehead atoms. The van der Waals surface area contributed by atoms with Crippen molar-refractivity contribution < 1.29 is 9.53 Å². The summed E-state index contributed by atoms with van der Waals surface area (Å²) in [6.45, 7) is 5.00. The van der Waals surface area contributed by atoms with Gasteiger partial charge in [0.15, 0.2) is 5.96 Å². The summed E-state index contributed by atoms with van der Waals surface area (Å²) in [6, 6.07) is 9.82. The van der Waals surface area contributed by atoms with E-state index in [2.05, 4.69) is 20.1 Å². The third-order valence-electron chi connectivity index (χ3n) is 4.85. The van der Waals surface area contributed by atoms with Crippen LogP contribution in [0.3, 0.4) is 0 Å². The van der Waals surface area contributed by atoms with Crippen LogP contribution in [0.4, 0.5) is 0 Å². The summed E-state index contributed by atoms with van der Waals surface area (Å²) in [6.07, 6.45) is 2.97. The van der Waals surface area contributed by atoms with E-state index in [-0.39, 0.29) is 35.8 Å². The maximum Gasteiger partial charge on any atom is 0.221 e. The molecule has 1 aromatic rings. The van der Waals surface area contributed by atoms with Gasteiger partial charge in [-0.3, -0.25) is 9.79 Å². The Hall–Kier alpha value is -1.55. The number of hydrogen-bond acceptors (Lipinski definition) is 4. The molecule has 3 N–H and O–H groups in total. The van der Waals surface area contributed by atoms with Gasteiger partial charge >= 0.3 is 0 Å². The van der Waals surface area contributed by atoms with Gasteiger partial charge in [0.2, 0.25) is 5.91 Å². The number of carbonyl (C=O) groups excluding carboxylic acids is 1. The summed E-state index contributed by atoms with van der Waals surface area (Å²) in [4.78, 5) is 20.1. The number of rotatable bonds is 9. The van der Waals surface area contributed by atoms with Gasteiger partial charge in [-0.25, -0.2) is 0 Å². The van der Waals surface area contributed by atoms with E-state index in [1.807, 2.05) is 37.4 Å². The number of para-hydroxylation sites is 1. The molecule has 0 saturated carbocycles. The maximum absolute atomic E-state index is 11.4. The number of benzene rings is 1. The van der Waals surface area contributed by atoms with Gasteiger partial charge in [-0.15, -0.1) is 24.0 Å². The Morgan fingerprint density at radius 3 is 2.82 bits per heavy atom. The Balaban J connectivity index is 0.00000392. The van der Waals surface area contributed by atoms with Crippen LogP contribution in [0.25, 0.3) is 0 Å². The van der Waals surface area contributed by atoms with E-state index in [1.165, 1.54) is 0 Å². The van der Waals surface area contributed by atoms with Crippen molar-refractivity contribution in [3.05, 3.63) is 30.3 Å². The smallest absolute Gasteiger partial charge is 0.221 e. The number of primary amides is 1. The molecule has 1 fully saturated rings. The van der Waals surface area contributed by atoms with Gasteiger partial charge in [0.25, 0.3) is 0 Å². The van der Waals surface area contributed by atoms with Gasteiger partial charge in [0.1, 0.15) is 12.4 Å².